The monoisotopic (exact) mass is 263 g/mol. The molecule has 4 nitrogen and oxygen atoms in total. The van der Waals surface area contributed by atoms with E-state index in [1.165, 1.54) is 7.11 Å². The van der Waals surface area contributed by atoms with Gasteiger partial charge < -0.3 is 4.74 Å². The van der Waals surface area contributed by atoms with Crippen LogP contribution in [0.2, 0.25) is 0 Å². The lowest BCUT2D eigenvalue weighted by Crippen LogP contribution is -2.41. The highest BCUT2D eigenvalue weighted by Crippen LogP contribution is 2.14. The molecule has 0 amide bonds. The van der Waals surface area contributed by atoms with Crippen molar-refractivity contribution >= 4 is 17.0 Å². The van der Waals surface area contributed by atoms with E-state index in [-0.39, 0.29) is 23.2 Å². The van der Waals surface area contributed by atoms with Crippen molar-refractivity contribution in [2.24, 2.45) is 5.92 Å². The van der Waals surface area contributed by atoms with Gasteiger partial charge in [0.25, 0.3) is 0 Å². The third-order valence-corrected chi connectivity index (χ3v) is 3.89. The highest BCUT2D eigenvalue weighted by Gasteiger charge is 2.24. The second-order valence-electron chi connectivity index (χ2n) is 5.61. The summed E-state index contributed by atoms with van der Waals surface area (Å²) in [6.07, 6.45) is 1.06. The summed E-state index contributed by atoms with van der Waals surface area (Å²) in [6.45, 7) is 9.86. The van der Waals surface area contributed by atoms with Gasteiger partial charge in [-0.25, -0.2) is 8.93 Å². The molecule has 0 unspecified atom stereocenters. The lowest BCUT2D eigenvalue weighted by atomic mass is 10.0. The highest BCUT2D eigenvalue weighted by atomic mass is 32.2. The van der Waals surface area contributed by atoms with Crippen LogP contribution in [-0.4, -0.2) is 28.1 Å². The van der Waals surface area contributed by atoms with Crippen molar-refractivity contribution in [1.29, 1.82) is 0 Å². The Hall–Kier alpha value is -0.420. The predicted molar refractivity (Wildman–Crippen MR) is 70.9 cm³/mol. The summed E-state index contributed by atoms with van der Waals surface area (Å²) in [5.41, 5.74) is 0. The molecule has 0 aromatic carbocycles. The number of hydrogen-bond donors (Lipinski definition) is 1. The molecule has 0 aliphatic rings. The summed E-state index contributed by atoms with van der Waals surface area (Å²) in [5.74, 6) is 0.170. The number of hydrogen-bond acceptors (Lipinski definition) is 3. The zero-order valence-corrected chi connectivity index (χ0v) is 12.5. The Labute approximate surface area is 107 Å². The number of carbonyl (C=O) groups is 1. The molecule has 17 heavy (non-hydrogen) atoms. The lowest BCUT2D eigenvalue weighted by molar-refractivity contribution is -0.141. The van der Waals surface area contributed by atoms with E-state index in [1.54, 1.807) is 0 Å². The largest absolute Gasteiger partial charge is 0.469 e. The fraction of sp³-hybridized carbons (Fsp3) is 0.917. The van der Waals surface area contributed by atoms with E-state index in [9.17, 15) is 9.00 Å². The van der Waals surface area contributed by atoms with Gasteiger partial charge in [-0.15, -0.1) is 0 Å². The maximum Gasteiger partial charge on any atom is 0.307 e. The van der Waals surface area contributed by atoms with Crippen molar-refractivity contribution in [3.63, 3.8) is 0 Å². The molecule has 0 saturated heterocycles. The van der Waals surface area contributed by atoms with Gasteiger partial charge in [0, 0.05) is 6.04 Å². The molecule has 0 saturated carbocycles. The van der Waals surface area contributed by atoms with Crippen LogP contribution in [0.15, 0.2) is 0 Å². The Kier molecular flexibility index (Phi) is 6.94. The number of nitrogens with one attached hydrogen (secondary N) is 1. The van der Waals surface area contributed by atoms with Crippen LogP contribution in [0.4, 0.5) is 0 Å². The Morgan fingerprint density at radius 3 is 2.24 bits per heavy atom. The summed E-state index contributed by atoms with van der Waals surface area (Å²) in [6, 6.07) is -0.0949. The standard InChI is InChI=1S/C12H25NO3S/c1-9(2)7-10(8-11(14)16-6)13-17(15)12(3,4)5/h9-10,13H,7-8H2,1-6H3/t10-,17-/m1/s1. The molecule has 5 heteroatoms. The van der Waals surface area contributed by atoms with Crippen LogP contribution < -0.4 is 4.72 Å². The SMILES string of the molecule is COC(=O)C[C@@H](CC(C)C)N[S@](=O)C(C)(C)C. The fourth-order valence-electron chi connectivity index (χ4n) is 1.35. The molecule has 0 aromatic heterocycles. The van der Waals surface area contributed by atoms with Gasteiger partial charge in [-0.1, -0.05) is 13.8 Å². The van der Waals surface area contributed by atoms with Gasteiger partial charge in [-0.3, -0.25) is 4.79 Å². The number of carbonyl (C=O) groups excluding carboxylic acids is 1. The van der Waals surface area contributed by atoms with E-state index in [4.69, 9.17) is 0 Å². The second-order valence-corrected chi connectivity index (χ2v) is 7.60. The van der Waals surface area contributed by atoms with Gasteiger partial charge in [-0.05, 0) is 33.1 Å². The van der Waals surface area contributed by atoms with Gasteiger partial charge >= 0.3 is 5.97 Å². The van der Waals surface area contributed by atoms with Gasteiger partial charge in [0.2, 0.25) is 0 Å². The van der Waals surface area contributed by atoms with E-state index in [1.807, 2.05) is 20.8 Å². The molecule has 0 aliphatic carbocycles. The Morgan fingerprint density at radius 2 is 1.88 bits per heavy atom. The van der Waals surface area contributed by atoms with Crippen molar-refractivity contribution in [3.8, 4) is 0 Å². The van der Waals surface area contributed by atoms with Crippen LogP contribution in [-0.2, 0) is 20.5 Å². The lowest BCUT2D eigenvalue weighted by Gasteiger charge is -2.24. The van der Waals surface area contributed by atoms with Gasteiger partial charge in [-0.2, -0.15) is 0 Å². The first kappa shape index (κ1) is 16.6. The van der Waals surface area contributed by atoms with E-state index in [2.05, 4.69) is 23.3 Å². The maximum atomic E-state index is 12.0. The molecular formula is C12H25NO3S. The zero-order chi connectivity index (χ0) is 13.6. The van der Waals surface area contributed by atoms with Crippen LogP contribution in [0.5, 0.6) is 0 Å². The summed E-state index contributed by atoms with van der Waals surface area (Å²) in [5, 5.41) is 0. The highest BCUT2D eigenvalue weighted by molar-refractivity contribution is 7.84. The summed E-state index contributed by atoms with van der Waals surface area (Å²) >= 11 is 0. The molecule has 0 heterocycles. The minimum Gasteiger partial charge on any atom is -0.469 e. The normalized spacial score (nSPS) is 15.7. The topological polar surface area (TPSA) is 55.4 Å². The van der Waals surface area contributed by atoms with E-state index < -0.39 is 11.0 Å². The minimum atomic E-state index is -1.16. The minimum absolute atomic E-state index is 0.0949. The Bertz CT molecular complexity index is 271. The van der Waals surface area contributed by atoms with Crippen molar-refractivity contribution in [2.75, 3.05) is 7.11 Å². The molecule has 0 fully saturated rings. The maximum absolute atomic E-state index is 12.0. The van der Waals surface area contributed by atoms with Crippen LogP contribution >= 0.6 is 0 Å². The van der Waals surface area contributed by atoms with E-state index in [0.717, 1.165) is 6.42 Å². The smallest absolute Gasteiger partial charge is 0.307 e. The number of esters is 1. The first-order valence-corrected chi connectivity index (χ1v) is 7.06. The summed E-state index contributed by atoms with van der Waals surface area (Å²) in [4.78, 5) is 11.3. The van der Waals surface area contributed by atoms with Crippen molar-refractivity contribution < 1.29 is 13.7 Å². The zero-order valence-electron chi connectivity index (χ0n) is 11.7. The molecule has 0 bridgehead atoms. The van der Waals surface area contributed by atoms with Gasteiger partial charge in [0.05, 0.1) is 29.3 Å². The Morgan fingerprint density at radius 1 is 1.35 bits per heavy atom. The molecular weight excluding hydrogens is 238 g/mol. The first-order valence-electron chi connectivity index (χ1n) is 5.91. The van der Waals surface area contributed by atoms with Crippen LogP contribution in [0.3, 0.4) is 0 Å². The quantitative estimate of drug-likeness (QED) is 0.746. The van der Waals surface area contributed by atoms with Crippen molar-refractivity contribution in [2.45, 2.75) is 58.2 Å². The van der Waals surface area contributed by atoms with Crippen LogP contribution in [0.1, 0.15) is 47.5 Å². The molecule has 0 aromatic rings. The fourth-order valence-corrected chi connectivity index (χ4v) is 2.19. The number of ether oxygens (including phenoxy) is 1. The van der Waals surface area contributed by atoms with E-state index in [0.29, 0.717) is 5.92 Å². The van der Waals surface area contributed by atoms with E-state index >= 15 is 0 Å². The average molecular weight is 263 g/mol. The van der Waals surface area contributed by atoms with Crippen LogP contribution in [0.25, 0.3) is 0 Å². The first-order chi connectivity index (χ1) is 7.66. The number of rotatable bonds is 6. The van der Waals surface area contributed by atoms with Crippen molar-refractivity contribution in [1.82, 2.24) is 4.72 Å². The Balaban J connectivity index is 4.48. The predicted octanol–water partition coefficient (Wildman–Crippen LogP) is 2.02. The average Bonchev–Trinajstić information content (AvgIpc) is 2.14. The molecule has 2 atom stereocenters. The molecule has 0 rings (SSSR count). The second kappa shape index (κ2) is 7.11. The third-order valence-electron chi connectivity index (χ3n) is 2.23. The molecule has 1 N–H and O–H groups in total. The number of methoxy groups -OCH3 is 1. The molecule has 102 valence electrons. The molecule has 0 spiro atoms. The van der Waals surface area contributed by atoms with Gasteiger partial charge in [0.1, 0.15) is 0 Å². The van der Waals surface area contributed by atoms with Crippen LogP contribution in [0, 0.1) is 5.92 Å². The van der Waals surface area contributed by atoms with Crippen molar-refractivity contribution in [3.05, 3.63) is 0 Å². The third kappa shape index (κ3) is 7.49. The van der Waals surface area contributed by atoms with Gasteiger partial charge in [0.15, 0.2) is 0 Å². The summed E-state index contributed by atoms with van der Waals surface area (Å²) in [7, 11) is 0.211. The summed E-state index contributed by atoms with van der Waals surface area (Å²) < 4.78 is 19.3. The molecule has 0 aliphatic heterocycles. The molecule has 0 radical (unpaired) electrons.